The molecule has 2 aromatic rings. The normalized spacial score (nSPS) is 16.6. The van der Waals surface area contributed by atoms with Crippen LogP contribution in [0.5, 0.6) is 0 Å². The molecule has 1 heterocycles. The lowest BCUT2D eigenvalue weighted by molar-refractivity contribution is 0.634. The zero-order valence-electron chi connectivity index (χ0n) is 11.3. The zero-order valence-corrected chi connectivity index (χ0v) is 11.3. The Kier molecular flexibility index (Phi) is 3.45. The average Bonchev–Trinajstić information content (AvgIpc) is 2.41. The molecular weight excluding hydrogens is 234 g/mol. The maximum atomic E-state index is 4.29. The highest BCUT2D eigenvalue weighted by Gasteiger charge is 2.24. The van der Waals surface area contributed by atoms with Crippen LogP contribution in [0.1, 0.15) is 36.1 Å². The molecule has 1 atom stereocenters. The molecule has 0 radical (unpaired) electrons. The summed E-state index contributed by atoms with van der Waals surface area (Å²) in [5.41, 5.74) is 4.09. The van der Waals surface area contributed by atoms with Crippen LogP contribution in [0.4, 0.5) is 5.82 Å². The summed E-state index contributed by atoms with van der Waals surface area (Å²) >= 11 is 0. The Labute approximate surface area is 114 Å². The molecular formula is C16H19N3. The van der Waals surface area contributed by atoms with Crippen LogP contribution in [0.2, 0.25) is 0 Å². The van der Waals surface area contributed by atoms with Crippen molar-refractivity contribution in [3.8, 4) is 0 Å². The first-order valence-corrected chi connectivity index (χ1v) is 6.99. The van der Waals surface area contributed by atoms with Crippen LogP contribution in [-0.4, -0.2) is 16.5 Å². The molecule has 3 rings (SSSR count). The van der Waals surface area contributed by atoms with E-state index in [2.05, 4.69) is 52.5 Å². The summed E-state index contributed by atoms with van der Waals surface area (Å²) in [4.78, 5) is 8.56. The van der Waals surface area contributed by atoms with Crippen molar-refractivity contribution in [3.05, 3.63) is 53.5 Å². The minimum absolute atomic E-state index is 0.626. The second-order valence-corrected chi connectivity index (χ2v) is 5.13. The third-order valence-corrected chi connectivity index (χ3v) is 3.72. The molecule has 0 fully saturated rings. The van der Waals surface area contributed by atoms with Crippen LogP contribution in [0.15, 0.2) is 36.7 Å². The van der Waals surface area contributed by atoms with Crippen LogP contribution >= 0.6 is 0 Å². The van der Waals surface area contributed by atoms with Crippen molar-refractivity contribution >= 4 is 5.82 Å². The van der Waals surface area contributed by atoms with Gasteiger partial charge in [0.15, 0.2) is 0 Å². The van der Waals surface area contributed by atoms with Crippen molar-refractivity contribution in [1.29, 1.82) is 0 Å². The maximum Gasteiger partial charge on any atom is 0.129 e. The number of hydrogen-bond donors (Lipinski definition) is 1. The number of benzene rings is 1. The highest BCUT2D eigenvalue weighted by Crippen LogP contribution is 2.34. The minimum Gasteiger partial charge on any atom is -0.369 e. The number of aryl methyl sites for hydroxylation is 1. The van der Waals surface area contributed by atoms with E-state index in [0.717, 1.165) is 30.9 Å². The maximum absolute atomic E-state index is 4.29. The van der Waals surface area contributed by atoms with Gasteiger partial charge in [-0.1, -0.05) is 37.6 Å². The third kappa shape index (κ3) is 2.60. The largest absolute Gasteiger partial charge is 0.369 e. The van der Waals surface area contributed by atoms with E-state index >= 15 is 0 Å². The number of hydrogen-bond acceptors (Lipinski definition) is 3. The molecule has 0 aliphatic heterocycles. The Morgan fingerprint density at radius 2 is 2.16 bits per heavy atom. The summed E-state index contributed by atoms with van der Waals surface area (Å²) in [6.45, 7) is 3.13. The number of nitrogens with one attached hydrogen (secondary N) is 1. The number of fused-ring (bicyclic) bond motifs is 1. The molecule has 1 aromatic heterocycles. The first-order valence-electron chi connectivity index (χ1n) is 6.99. The Bertz CT molecular complexity index is 565. The zero-order chi connectivity index (χ0) is 13.1. The Balaban J connectivity index is 1.60. The molecule has 3 heteroatoms. The van der Waals surface area contributed by atoms with Crippen LogP contribution < -0.4 is 5.32 Å². The molecule has 98 valence electrons. The molecule has 1 N–H and O–H groups in total. The predicted octanol–water partition coefficient (Wildman–Crippen LogP) is 3.18. The van der Waals surface area contributed by atoms with E-state index in [1.807, 2.05) is 0 Å². The lowest BCUT2D eigenvalue weighted by Crippen LogP contribution is -2.24. The number of aromatic nitrogens is 2. The van der Waals surface area contributed by atoms with Crippen LogP contribution in [0, 0.1) is 0 Å². The van der Waals surface area contributed by atoms with Gasteiger partial charge in [0.25, 0.3) is 0 Å². The summed E-state index contributed by atoms with van der Waals surface area (Å²) in [5.74, 6) is 1.57. The molecule has 3 nitrogen and oxygen atoms in total. The second kappa shape index (κ2) is 5.39. The third-order valence-electron chi connectivity index (χ3n) is 3.72. The Morgan fingerprint density at radius 1 is 1.26 bits per heavy atom. The Morgan fingerprint density at radius 3 is 3.00 bits per heavy atom. The summed E-state index contributed by atoms with van der Waals surface area (Å²) in [5, 5.41) is 3.44. The van der Waals surface area contributed by atoms with E-state index in [9.17, 15) is 0 Å². The second-order valence-electron chi connectivity index (χ2n) is 5.13. The highest BCUT2D eigenvalue weighted by molar-refractivity contribution is 5.43. The molecule has 1 aliphatic rings. The van der Waals surface area contributed by atoms with Crippen LogP contribution in [0.25, 0.3) is 0 Å². The van der Waals surface area contributed by atoms with E-state index in [0.29, 0.717) is 5.92 Å². The molecule has 1 unspecified atom stereocenters. The summed E-state index contributed by atoms with van der Waals surface area (Å²) in [7, 11) is 0. The lowest BCUT2D eigenvalue weighted by atomic mass is 9.77. The van der Waals surface area contributed by atoms with Gasteiger partial charge in [0, 0.05) is 24.2 Å². The quantitative estimate of drug-likeness (QED) is 0.889. The first kappa shape index (κ1) is 12.2. The molecule has 0 spiro atoms. The molecule has 0 amide bonds. The average molecular weight is 253 g/mol. The molecule has 0 bridgehead atoms. The van der Waals surface area contributed by atoms with Crippen molar-refractivity contribution < 1.29 is 0 Å². The van der Waals surface area contributed by atoms with Gasteiger partial charge in [-0.2, -0.15) is 0 Å². The smallest absolute Gasteiger partial charge is 0.129 e. The topological polar surface area (TPSA) is 37.8 Å². The van der Waals surface area contributed by atoms with Crippen molar-refractivity contribution in [2.75, 3.05) is 11.9 Å². The van der Waals surface area contributed by atoms with Crippen LogP contribution in [0.3, 0.4) is 0 Å². The van der Waals surface area contributed by atoms with Crippen molar-refractivity contribution in [2.45, 2.75) is 32.1 Å². The minimum atomic E-state index is 0.626. The highest BCUT2D eigenvalue weighted by atomic mass is 15.0. The standard InChI is InChI=1S/C16H19N3/c1-2-5-14-9-16(19-11-18-14)17-10-13-8-12-6-3-4-7-15(12)13/h3-4,6-7,9,11,13H,2,5,8,10H2,1H3,(H,17,18,19). The summed E-state index contributed by atoms with van der Waals surface area (Å²) in [6.07, 6.45) is 4.97. The predicted molar refractivity (Wildman–Crippen MR) is 77.4 cm³/mol. The number of rotatable bonds is 5. The molecule has 19 heavy (non-hydrogen) atoms. The Hall–Kier alpha value is -1.90. The van der Waals surface area contributed by atoms with Gasteiger partial charge in [0.05, 0.1) is 0 Å². The van der Waals surface area contributed by atoms with Crippen LogP contribution in [-0.2, 0) is 12.8 Å². The number of nitrogens with zero attached hydrogens (tertiary/aromatic N) is 2. The van der Waals surface area contributed by atoms with Gasteiger partial charge >= 0.3 is 0 Å². The van der Waals surface area contributed by atoms with Gasteiger partial charge < -0.3 is 5.32 Å². The molecule has 0 saturated carbocycles. The van der Waals surface area contributed by atoms with Crippen molar-refractivity contribution in [3.63, 3.8) is 0 Å². The fraction of sp³-hybridized carbons (Fsp3) is 0.375. The first-order chi connectivity index (χ1) is 9.36. The lowest BCUT2D eigenvalue weighted by Gasteiger charge is -2.30. The van der Waals surface area contributed by atoms with Crippen molar-refractivity contribution in [2.24, 2.45) is 0 Å². The fourth-order valence-corrected chi connectivity index (χ4v) is 2.66. The molecule has 0 saturated heterocycles. The monoisotopic (exact) mass is 253 g/mol. The van der Waals surface area contributed by atoms with E-state index in [1.54, 1.807) is 6.33 Å². The van der Waals surface area contributed by atoms with E-state index in [1.165, 1.54) is 17.5 Å². The van der Waals surface area contributed by atoms with Gasteiger partial charge in [-0.3, -0.25) is 0 Å². The van der Waals surface area contributed by atoms with Gasteiger partial charge in [-0.05, 0) is 24.0 Å². The van der Waals surface area contributed by atoms with E-state index in [-0.39, 0.29) is 0 Å². The molecule has 1 aliphatic carbocycles. The SMILES string of the molecule is CCCc1cc(NCC2Cc3ccccc32)ncn1. The molecule has 1 aromatic carbocycles. The van der Waals surface area contributed by atoms with Crippen molar-refractivity contribution in [1.82, 2.24) is 9.97 Å². The fourth-order valence-electron chi connectivity index (χ4n) is 2.66. The van der Waals surface area contributed by atoms with Gasteiger partial charge in [-0.15, -0.1) is 0 Å². The van der Waals surface area contributed by atoms with Gasteiger partial charge in [0.2, 0.25) is 0 Å². The van der Waals surface area contributed by atoms with Gasteiger partial charge in [0.1, 0.15) is 12.1 Å². The number of anilines is 1. The van der Waals surface area contributed by atoms with Gasteiger partial charge in [-0.25, -0.2) is 9.97 Å². The van der Waals surface area contributed by atoms with E-state index < -0.39 is 0 Å². The summed E-state index contributed by atoms with van der Waals surface area (Å²) in [6, 6.07) is 10.7. The van der Waals surface area contributed by atoms with E-state index in [4.69, 9.17) is 0 Å². The summed E-state index contributed by atoms with van der Waals surface area (Å²) < 4.78 is 0.